The molecule has 0 saturated heterocycles. The Morgan fingerprint density at radius 1 is 1.40 bits per heavy atom. The smallest absolute Gasteiger partial charge is 0.348 e. The maximum atomic E-state index is 13.7. The number of nitrogens with one attached hydrogen (secondary N) is 1. The van der Waals surface area contributed by atoms with Gasteiger partial charge in [0.15, 0.2) is 5.82 Å². The van der Waals surface area contributed by atoms with E-state index in [9.17, 15) is 14.0 Å². The Kier molecular flexibility index (Phi) is 4.69. The zero-order valence-corrected chi connectivity index (χ0v) is 14.8. The number of carbonyl (C=O) groups excluding carboxylic acids is 1. The zero-order chi connectivity index (χ0) is 18.1. The molecule has 0 aliphatic heterocycles. The van der Waals surface area contributed by atoms with E-state index in [1.54, 1.807) is 25.1 Å². The van der Waals surface area contributed by atoms with Crippen LogP contribution in [-0.4, -0.2) is 23.0 Å². The summed E-state index contributed by atoms with van der Waals surface area (Å²) in [7, 11) is 1.27. The number of aryl methyl sites for hydroxylation is 1. The molecule has 0 saturated carbocycles. The Hall–Kier alpha value is -2.51. The molecule has 0 bridgehead atoms. The van der Waals surface area contributed by atoms with Crippen LogP contribution < -0.4 is 5.56 Å². The number of esters is 1. The molecule has 0 aliphatic rings. The quantitative estimate of drug-likeness (QED) is 0.700. The predicted octanol–water partition coefficient (Wildman–Crippen LogP) is 3.96. The van der Waals surface area contributed by atoms with Crippen LogP contribution in [0, 0.1) is 12.7 Å². The molecule has 128 valence electrons. The molecule has 25 heavy (non-hydrogen) atoms. The maximum Gasteiger partial charge on any atom is 0.348 e. The van der Waals surface area contributed by atoms with Crippen LogP contribution in [-0.2, 0) is 4.74 Å². The molecule has 0 fully saturated rings. The number of hydrogen-bond donors (Lipinski definition) is 1. The van der Waals surface area contributed by atoms with Crippen molar-refractivity contribution in [2.45, 2.75) is 6.92 Å². The van der Waals surface area contributed by atoms with Crippen molar-refractivity contribution in [3.8, 4) is 0 Å². The van der Waals surface area contributed by atoms with Gasteiger partial charge in [-0.2, -0.15) is 0 Å². The third-order valence-corrected chi connectivity index (χ3v) is 5.04. The number of H-pyrrole nitrogens is 1. The second kappa shape index (κ2) is 6.78. The second-order valence-corrected chi connectivity index (χ2v) is 6.56. The molecule has 2 aromatic heterocycles. The number of rotatable bonds is 3. The van der Waals surface area contributed by atoms with Gasteiger partial charge in [-0.25, -0.2) is 14.2 Å². The zero-order valence-electron chi connectivity index (χ0n) is 13.2. The average Bonchev–Trinajstić information content (AvgIpc) is 2.93. The normalized spacial score (nSPS) is 11.8. The molecule has 1 N–H and O–H groups in total. The van der Waals surface area contributed by atoms with Crippen molar-refractivity contribution in [2.24, 2.45) is 0 Å². The van der Waals surface area contributed by atoms with E-state index in [1.807, 2.05) is 0 Å². The fourth-order valence-corrected chi connectivity index (χ4v) is 3.65. The number of fused-ring (bicyclic) bond motifs is 1. The van der Waals surface area contributed by atoms with E-state index in [2.05, 4.69) is 9.97 Å². The molecule has 0 spiro atoms. The van der Waals surface area contributed by atoms with Crippen molar-refractivity contribution in [3.63, 3.8) is 0 Å². The third-order valence-electron chi connectivity index (χ3n) is 3.58. The van der Waals surface area contributed by atoms with E-state index in [4.69, 9.17) is 16.3 Å². The standard InChI is InChI=1S/C17H12ClFN2O3S/c1-8-12-15(22)20-14(21-16(12)25-13(8)17(23)24-2)10(18)7-9-5-3-4-6-11(9)19/h3-7H,1-2H3,(H,20,21,22)/b10-7-. The number of nitrogens with zero attached hydrogens (tertiary/aromatic N) is 1. The van der Waals surface area contributed by atoms with E-state index in [-0.39, 0.29) is 16.4 Å². The van der Waals surface area contributed by atoms with Crippen molar-refractivity contribution >= 4 is 50.2 Å². The van der Waals surface area contributed by atoms with Gasteiger partial charge in [-0.1, -0.05) is 29.8 Å². The number of ether oxygens (including phenoxy) is 1. The first-order chi connectivity index (χ1) is 11.9. The molecule has 3 rings (SSSR count). The van der Waals surface area contributed by atoms with Crippen LogP contribution in [0.25, 0.3) is 21.3 Å². The van der Waals surface area contributed by atoms with Crippen LogP contribution in [0.5, 0.6) is 0 Å². The van der Waals surface area contributed by atoms with Gasteiger partial charge < -0.3 is 9.72 Å². The van der Waals surface area contributed by atoms with Gasteiger partial charge in [-0.05, 0) is 24.6 Å². The SMILES string of the molecule is COC(=O)c1sc2nc(/C(Cl)=C/c3ccccc3F)[nH]c(=O)c2c1C. The minimum absolute atomic E-state index is 0.0785. The van der Waals surface area contributed by atoms with Gasteiger partial charge in [0.2, 0.25) is 0 Å². The monoisotopic (exact) mass is 378 g/mol. The van der Waals surface area contributed by atoms with Gasteiger partial charge >= 0.3 is 5.97 Å². The molecule has 5 nitrogen and oxygen atoms in total. The minimum Gasteiger partial charge on any atom is -0.465 e. The fraction of sp³-hybridized carbons (Fsp3) is 0.118. The van der Waals surface area contributed by atoms with Crippen LogP contribution in [0.4, 0.5) is 4.39 Å². The molecule has 0 aliphatic carbocycles. The number of carbonyl (C=O) groups is 1. The van der Waals surface area contributed by atoms with E-state index in [1.165, 1.54) is 19.3 Å². The van der Waals surface area contributed by atoms with Gasteiger partial charge in [0.1, 0.15) is 15.5 Å². The summed E-state index contributed by atoms with van der Waals surface area (Å²) < 4.78 is 18.4. The summed E-state index contributed by atoms with van der Waals surface area (Å²) in [4.78, 5) is 31.7. The molecule has 0 amide bonds. The Balaban J connectivity index is 2.14. The molecular weight excluding hydrogens is 367 g/mol. The number of hydrogen-bond acceptors (Lipinski definition) is 5. The molecule has 2 heterocycles. The first-order valence-corrected chi connectivity index (χ1v) is 8.35. The highest BCUT2D eigenvalue weighted by Crippen LogP contribution is 2.29. The first-order valence-electron chi connectivity index (χ1n) is 7.16. The predicted molar refractivity (Wildman–Crippen MR) is 96.4 cm³/mol. The lowest BCUT2D eigenvalue weighted by molar-refractivity contribution is 0.0605. The molecule has 0 atom stereocenters. The topological polar surface area (TPSA) is 72.0 Å². The Morgan fingerprint density at radius 3 is 2.80 bits per heavy atom. The number of aromatic amines is 1. The number of halogens is 2. The van der Waals surface area contributed by atoms with E-state index >= 15 is 0 Å². The summed E-state index contributed by atoms with van der Waals surface area (Å²) in [5.74, 6) is -0.876. The highest BCUT2D eigenvalue weighted by atomic mass is 35.5. The number of methoxy groups -OCH3 is 1. The summed E-state index contributed by atoms with van der Waals surface area (Å²) in [6, 6.07) is 6.10. The van der Waals surface area contributed by atoms with Crippen LogP contribution in [0.2, 0.25) is 0 Å². The molecule has 3 aromatic rings. The highest BCUT2D eigenvalue weighted by molar-refractivity contribution is 7.20. The largest absolute Gasteiger partial charge is 0.465 e. The van der Waals surface area contributed by atoms with Crippen LogP contribution in [0.15, 0.2) is 29.1 Å². The van der Waals surface area contributed by atoms with Crippen LogP contribution in [0.3, 0.4) is 0 Å². The number of aromatic nitrogens is 2. The third kappa shape index (κ3) is 3.20. The molecule has 0 unspecified atom stereocenters. The van der Waals surface area contributed by atoms with E-state index < -0.39 is 17.3 Å². The summed E-state index contributed by atoms with van der Waals surface area (Å²) in [6.45, 7) is 1.65. The van der Waals surface area contributed by atoms with Crippen molar-refractivity contribution in [1.82, 2.24) is 9.97 Å². The van der Waals surface area contributed by atoms with Gasteiger partial charge in [0.05, 0.1) is 17.5 Å². The van der Waals surface area contributed by atoms with E-state index in [0.29, 0.717) is 20.7 Å². The fourth-order valence-electron chi connectivity index (χ4n) is 2.34. The highest BCUT2D eigenvalue weighted by Gasteiger charge is 2.20. The van der Waals surface area contributed by atoms with Gasteiger partial charge in [0, 0.05) is 5.56 Å². The Morgan fingerprint density at radius 2 is 2.12 bits per heavy atom. The lowest BCUT2D eigenvalue weighted by Gasteiger charge is -2.01. The van der Waals surface area contributed by atoms with Gasteiger partial charge in [0.25, 0.3) is 5.56 Å². The lowest BCUT2D eigenvalue weighted by Crippen LogP contribution is -2.10. The van der Waals surface area contributed by atoms with Crippen LogP contribution >= 0.6 is 22.9 Å². The summed E-state index contributed by atoms with van der Waals surface area (Å²) in [5, 5.41) is 0.388. The number of benzene rings is 1. The molecule has 1 aromatic carbocycles. The molecule has 8 heteroatoms. The second-order valence-electron chi connectivity index (χ2n) is 5.16. The molecule has 0 radical (unpaired) electrons. The Labute approximate surface area is 150 Å². The van der Waals surface area contributed by atoms with Crippen molar-refractivity contribution < 1.29 is 13.9 Å². The average molecular weight is 379 g/mol. The van der Waals surface area contributed by atoms with Crippen molar-refractivity contribution in [2.75, 3.05) is 7.11 Å². The van der Waals surface area contributed by atoms with E-state index in [0.717, 1.165) is 11.3 Å². The lowest BCUT2D eigenvalue weighted by atomic mass is 10.2. The Bertz CT molecular complexity index is 1070. The first kappa shape index (κ1) is 17.3. The maximum absolute atomic E-state index is 13.7. The summed E-state index contributed by atoms with van der Waals surface area (Å²) >= 11 is 7.24. The van der Waals surface area contributed by atoms with Gasteiger partial charge in [-0.15, -0.1) is 11.3 Å². The molecular formula is C17H12ClFN2O3S. The van der Waals surface area contributed by atoms with Crippen molar-refractivity contribution in [1.29, 1.82) is 0 Å². The van der Waals surface area contributed by atoms with Crippen LogP contribution in [0.1, 0.15) is 26.6 Å². The van der Waals surface area contributed by atoms with Crippen molar-refractivity contribution in [3.05, 3.63) is 62.3 Å². The number of thiophene rings is 1. The minimum atomic E-state index is -0.533. The summed E-state index contributed by atoms with van der Waals surface area (Å²) in [5.41, 5.74) is 0.346. The summed E-state index contributed by atoms with van der Waals surface area (Å²) in [6.07, 6.45) is 1.38. The van der Waals surface area contributed by atoms with Gasteiger partial charge in [-0.3, -0.25) is 4.79 Å².